The smallest absolute Gasteiger partial charge is 0.165 e. The van der Waals surface area contributed by atoms with Gasteiger partial charge >= 0.3 is 0 Å². The van der Waals surface area contributed by atoms with E-state index in [1.807, 2.05) is 25.0 Å². The summed E-state index contributed by atoms with van der Waals surface area (Å²) in [6, 6.07) is 9.09. The van der Waals surface area contributed by atoms with Crippen molar-refractivity contribution in [2.45, 2.75) is 22.9 Å². The van der Waals surface area contributed by atoms with Crippen LogP contribution in [-0.2, 0) is 6.42 Å². The Morgan fingerprint density at radius 1 is 1.41 bits per heavy atom. The van der Waals surface area contributed by atoms with Crippen molar-refractivity contribution in [3.8, 4) is 0 Å². The molecule has 88 valence electrons. The molecular formula is C13H15N3S. The fraction of sp³-hybridized carbons (Fsp3) is 0.308. The number of nitrogens with one attached hydrogen (secondary N) is 2. The normalized spacial score (nSPS) is 22.6. The molecule has 3 rings (SSSR count). The standard InChI is InChI=1S/C13H15N3S/c1-14-12-10-5-3-2-4-9(10)8-11(12)17-13-15-6-7-16-13/h2-7,11-12,14H,8H2,1H3,(H,15,16). The lowest BCUT2D eigenvalue weighted by Crippen LogP contribution is -2.23. The highest BCUT2D eigenvalue weighted by molar-refractivity contribution is 7.99. The summed E-state index contributed by atoms with van der Waals surface area (Å²) in [5, 5.41) is 4.94. The third kappa shape index (κ3) is 1.98. The van der Waals surface area contributed by atoms with Crippen LogP contribution in [0.1, 0.15) is 17.2 Å². The molecule has 1 aliphatic rings. The summed E-state index contributed by atoms with van der Waals surface area (Å²) >= 11 is 1.82. The summed E-state index contributed by atoms with van der Waals surface area (Å²) < 4.78 is 0. The molecule has 3 nitrogen and oxygen atoms in total. The van der Waals surface area contributed by atoms with Crippen molar-refractivity contribution < 1.29 is 0 Å². The maximum absolute atomic E-state index is 4.29. The molecule has 17 heavy (non-hydrogen) atoms. The highest BCUT2D eigenvalue weighted by Crippen LogP contribution is 2.40. The minimum absolute atomic E-state index is 0.418. The molecule has 1 aliphatic carbocycles. The molecule has 1 aromatic carbocycles. The molecule has 2 unspecified atom stereocenters. The highest BCUT2D eigenvalue weighted by atomic mass is 32.2. The first-order chi connectivity index (χ1) is 8.38. The van der Waals surface area contributed by atoms with E-state index >= 15 is 0 Å². The first-order valence-corrected chi connectivity index (χ1v) is 6.67. The van der Waals surface area contributed by atoms with E-state index in [2.05, 4.69) is 39.6 Å². The van der Waals surface area contributed by atoms with Gasteiger partial charge in [0.1, 0.15) is 0 Å². The van der Waals surface area contributed by atoms with Crippen molar-refractivity contribution in [3.05, 3.63) is 47.8 Å². The second-order valence-electron chi connectivity index (χ2n) is 4.22. The quantitative estimate of drug-likeness (QED) is 0.872. The second kappa shape index (κ2) is 4.55. The molecule has 4 heteroatoms. The zero-order valence-electron chi connectivity index (χ0n) is 9.68. The Labute approximate surface area is 105 Å². The SMILES string of the molecule is CNC1c2ccccc2CC1Sc1ncc[nH]1. The fourth-order valence-electron chi connectivity index (χ4n) is 2.47. The minimum Gasteiger partial charge on any atom is -0.340 e. The summed E-state index contributed by atoms with van der Waals surface area (Å²) in [6.45, 7) is 0. The molecular weight excluding hydrogens is 230 g/mol. The number of nitrogens with zero attached hydrogens (tertiary/aromatic N) is 1. The van der Waals surface area contributed by atoms with Crippen LogP contribution in [-0.4, -0.2) is 22.3 Å². The molecule has 0 spiro atoms. The lowest BCUT2D eigenvalue weighted by atomic mass is 10.1. The third-order valence-electron chi connectivity index (χ3n) is 3.23. The summed E-state index contributed by atoms with van der Waals surface area (Å²) in [5.74, 6) is 0. The van der Waals surface area contributed by atoms with Crippen LogP contribution in [0.3, 0.4) is 0 Å². The topological polar surface area (TPSA) is 40.7 Å². The van der Waals surface area contributed by atoms with Gasteiger partial charge in [0.15, 0.2) is 5.16 Å². The van der Waals surface area contributed by atoms with Crippen LogP contribution in [0.25, 0.3) is 0 Å². The van der Waals surface area contributed by atoms with Crippen LogP contribution in [0, 0.1) is 0 Å². The first-order valence-electron chi connectivity index (χ1n) is 5.79. The molecule has 2 atom stereocenters. The van der Waals surface area contributed by atoms with Crippen molar-refractivity contribution in [1.29, 1.82) is 0 Å². The average Bonchev–Trinajstić information content (AvgIpc) is 2.96. The van der Waals surface area contributed by atoms with Gasteiger partial charge in [-0.25, -0.2) is 4.98 Å². The van der Waals surface area contributed by atoms with E-state index in [9.17, 15) is 0 Å². The van der Waals surface area contributed by atoms with Gasteiger partial charge in [-0.3, -0.25) is 0 Å². The second-order valence-corrected chi connectivity index (χ2v) is 5.45. The monoisotopic (exact) mass is 245 g/mol. The maximum Gasteiger partial charge on any atom is 0.165 e. The summed E-state index contributed by atoms with van der Waals surface area (Å²) in [5.41, 5.74) is 2.88. The molecule has 1 aromatic heterocycles. The van der Waals surface area contributed by atoms with Crippen molar-refractivity contribution in [3.63, 3.8) is 0 Å². The number of H-pyrrole nitrogens is 1. The van der Waals surface area contributed by atoms with Gasteiger partial charge in [0.2, 0.25) is 0 Å². The predicted octanol–water partition coefficient (Wildman–Crippen LogP) is 2.39. The van der Waals surface area contributed by atoms with E-state index in [4.69, 9.17) is 0 Å². The van der Waals surface area contributed by atoms with Crippen LogP contribution in [0.4, 0.5) is 0 Å². The van der Waals surface area contributed by atoms with E-state index in [-0.39, 0.29) is 0 Å². The zero-order chi connectivity index (χ0) is 11.7. The van der Waals surface area contributed by atoms with Crippen molar-refractivity contribution >= 4 is 11.8 Å². The molecule has 0 amide bonds. The van der Waals surface area contributed by atoms with Gasteiger partial charge in [-0.2, -0.15) is 0 Å². The van der Waals surface area contributed by atoms with Gasteiger partial charge in [0.05, 0.1) is 0 Å². The van der Waals surface area contributed by atoms with Crippen molar-refractivity contribution in [2.75, 3.05) is 7.05 Å². The number of hydrogen-bond acceptors (Lipinski definition) is 3. The molecule has 0 saturated heterocycles. The summed E-state index contributed by atoms with van der Waals surface area (Å²) in [7, 11) is 2.03. The average molecular weight is 245 g/mol. The van der Waals surface area contributed by atoms with E-state index in [0.29, 0.717) is 11.3 Å². The van der Waals surface area contributed by atoms with Gasteiger partial charge in [-0.1, -0.05) is 36.0 Å². The van der Waals surface area contributed by atoms with Crippen LogP contribution in [0.5, 0.6) is 0 Å². The highest BCUT2D eigenvalue weighted by Gasteiger charge is 2.32. The Kier molecular flexibility index (Phi) is 2.91. The van der Waals surface area contributed by atoms with E-state index in [1.54, 1.807) is 6.20 Å². The number of fused-ring (bicyclic) bond motifs is 1. The van der Waals surface area contributed by atoms with Crippen LogP contribution < -0.4 is 5.32 Å². The van der Waals surface area contributed by atoms with E-state index in [0.717, 1.165) is 11.6 Å². The van der Waals surface area contributed by atoms with E-state index in [1.165, 1.54) is 11.1 Å². The Morgan fingerprint density at radius 3 is 3.06 bits per heavy atom. The number of thioether (sulfide) groups is 1. The van der Waals surface area contributed by atoms with Crippen LogP contribution >= 0.6 is 11.8 Å². The number of hydrogen-bond donors (Lipinski definition) is 2. The minimum atomic E-state index is 0.418. The Hall–Kier alpha value is -1.26. The zero-order valence-corrected chi connectivity index (χ0v) is 10.5. The van der Waals surface area contributed by atoms with Gasteiger partial charge in [0, 0.05) is 23.7 Å². The number of rotatable bonds is 3. The number of benzene rings is 1. The number of aromatic amines is 1. The lowest BCUT2D eigenvalue weighted by Gasteiger charge is -2.18. The van der Waals surface area contributed by atoms with Gasteiger partial charge in [-0.05, 0) is 24.6 Å². The van der Waals surface area contributed by atoms with Gasteiger partial charge in [-0.15, -0.1) is 0 Å². The van der Waals surface area contributed by atoms with E-state index < -0.39 is 0 Å². The van der Waals surface area contributed by atoms with Gasteiger partial charge < -0.3 is 10.3 Å². The number of aromatic nitrogens is 2. The lowest BCUT2D eigenvalue weighted by molar-refractivity contribution is 0.602. The number of imidazole rings is 1. The molecule has 0 fully saturated rings. The van der Waals surface area contributed by atoms with Gasteiger partial charge in [0.25, 0.3) is 0 Å². The Bertz CT molecular complexity index is 493. The van der Waals surface area contributed by atoms with Crippen LogP contribution in [0.15, 0.2) is 41.8 Å². The Balaban J connectivity index is 1.84. The maximum atomic E-state index is 4.29. The summed E-state index contributed by atoms with van der Waals surface area (Å²) in [4.78, 5) is 7.45. The fourth-order valence-corrected chi connectivity index (χ4v) is 3.69. The molecule has 2 N–H and O–H groups in total. The van der Waals surface area contributed by atoms with Crippen molar-refractivity contribution in [1.82, 2.24) is 15.3 Å². The summed E-state index contributed by atoms with van der Waals surface area (Å²) in [6.07, 6.45) is 4.78. The Morgan fingerprint density at radius 2 is 2.29 bits per heavy atom. The molecule has 2 aromatic rings. The molecule has 0 aliphatic heterocycles. The third-order valence-corrected chi connectivity index (χ3v) is 4.42. The molecule has 0 bridgehead atoms. The van der Waals surface area contributed by atoms with Crippen LogP contribution in [0.2, 0.25) is 0 Å². The predicted molar refractivity (Wildman–Crippen MR) is 70.2 cm³/mol. The molecule has 0 radical (unpaired) electrons. The molecule has 1 heterocycles. The largest absolute Gasteiger partial charge is 0.340 e. The van der Waals surface area contributed by atoms with Crippen molar-refractivity contribution in [2.24, 2.45) is 0 Å². The molecule has 0 saturated carbocycles. The first kappa shape index (κ1) is 10.9.